The standard InChI is InChI=1S/C15H12N2O5/c1-15(12(19)11(18)13(22-15)17-14(20)21)10-7-6-8-4-2-3-5-9(8)16-10/h2-7,17-18H,1H3,(H,20,21). The number of carboxylic acid groups (broad SMARTS) is 1. The molecule has 0 fully saturated rings. The van der Waals surface area contributed by atoms with Gasteiger partial charge in [-0.1, -0.05) is 24.3 Å². The molecule has 0 saturated heterocycles. The minimum atomic E-state index is -1.58. The summed E-state index contributed by atoms with van der Waals surface area (Å²) in [6, 6.07) is 10.7. The number of nitrogens with one attached hydrogen (secondary N) is 1. The molecule has 2 aromatic rings. The first-order valence-electron chi connectivity index (χ1n) is 6.45. The van der Waals surface area contributed by atoms with Gasteiger partial charge in [0, 0.05) is 5.39 Å². The molecule has 1 aromatic carbocycles. The average molecular weight is 300 g/mol. The first-order valence-corrected chi connectivity index (χ1v) is 6.45. The maximum absolute atomic E-state index is 12.2. The Morgan fingerprint density at radius 1 is 1.27 bits per heavy atom. The molecular weight excluding hydrogens is 288 g/mol. The number of benzene rings is 1. The Hall–Kier alpha value is -3.09. The number of carbonyl (C=O) groups excluding carboxylic acids is 1. The molecule has 1 atom stereocenters. The highest BCUT2D eigenvalue weighted by Gasteiger charge is 2.49. The Bertz CT molecular complexity index is 830. The first kappa shape index (κ1) is 13.9. The Kier molecular flexibility index (Phi) is 2.98. The van der Waals surface area contributed by atoms with Crippen LogP contribution in [0.15, 0.2) is 48.0 Å². The fraction of sp³-hybridized carbons (Fsp3) is 0.133. The van der Waals surface area contributed by atoms with Crippen LogP contribution in [0, 0.1) is 0 Å². The van der Waals surface area contributed by atoms with Crippen molar-refractivity contribution < 1.29 is 24.5 Å². The van der Waals surface area contributed by atoms with Gasteiger partial charge in [0.15, 0.2) is 0 Å². The Labute approximate surface area is 124 Å². The van der Waals surface area contributed by atoms with Gasteiger partial charge >= 0.3 is 6.09 Å². The molecule has 2 heterocycles. The topological polar surface area (TPSA) is 109 Å². The van der Waals surface area contributed by atoms with Crippen LogP contribution in [0.5, 0.6) is 0 Å². The molecular formula is C15H12N2O5. The summed E-state index contributed by atoms with van der Waals surface area (Å²) in [6.07, 6.45) is -1.44. The highest BCUT2D eigenvalue weighted by atomic mass is 16.5. The first-order chi connectivity index (χ1) is 10.4. The van der Waals surface area contributed by atoms with Crippen LogP contribution in [0.25, 0.3) is 10.9 Å². The summed E-state index contributed by atoms with van der Waals surface area (Å²) in [4.78, 5) is 27.3. The SMILES string of the molecule is CC1(c2ccc3ccccc3n2)OC(NC(=O)O)=C(O)C1=O. The van der Waals surface area contributed by atoms with Crippen molar-refractivity contribution in [3.8, 4) is 0 Å². The lowest BCUT2D eigenvalue weighted by atomic mass is 9.95. The third kappa shape index (κ3) is 2.03. The van der Waals surface area contributed by atoms with Crippen molar-refractivity contribution in [2.24, 2.45) is 0 Å². The van der Waals surface area contributed by atoms with Gasteiger partial charge in [0.05, 0.1) is 11.2 Å². The number of ketones is 1. The second kappa shape index (κ2) is 4.73. The minimum absolute atomic E-state index is 0.282. The third-order valence-corrected chi connectivity index (χ3v) is 3.48. The summed E-state index contributed by atoms with van der Waals surface area (Å²) >= 11 is 0. The molecule has 0 saturated carbocycles. The van der Waals surface area contributed by atoms with E-state index < -0.39 is 29.1 Å². The van der Waals surface area contributed by atoms with Crippen molar-refractivity contribution in [1.82, 2.24) is 10.3 Å². The van der Waals surface area contributed by atoms with Gasteiger partial charge in [0.1, 0.15) is 0 Å². The number of rotatable bonds is 2. The number of aliphatic hydroxyl groups excluding tert-OH is 1. The molecule has 3 N–H and O–H groups in total. The number of fused-ring (bicyclic) bond motifs is 1. The van der Waals surface area contributed by atoms with Crippen molar-refractivity contribution in [3.05, 3.63) is 53.7 Å². The molecule has 0 aliphatic carbocycles. The summed E-state index contributed by atoms with van der Waals surface area (Å²) in [7, 11) is 0. The van der Waals surface area contributed by atoms with E-state index in [1.165, 1.54) is 6.92 Å². The number of ether oxygens (including phenoxy) is 1. The van der Waals surface area contributed by atoms with E-state index in [-0.39, 0.29) is 5.69 Å². The van der Waals surface area contributed by atoms with Gasteiger partial charge in [0.25, 0.3) is 5.78 Å². The van der Waals surface area contributed by atoms with E-state index in [2.05, 4.69) is 4.98 Å². The molecule has 1 aliphatic rings. The van der Waals surface area contributed by atoms with Crippen molar-refractivity contribution in [3.63, 3.8) is 0 Å². The summed E-state index contributed by atoms with van der Waals surface area (Å²) in [5.41, 5.74) is -0.631. The van der Waals surface area contributed by atoms with Crippen molar-refractivity contribution in [2.45, 2.75) is 12.5 Å². The smallest absolute Gasteiger partial charge is 0.411 e. The van der Waals surface area contributed by atoms with Gasteiger partial charge in [0.2, 0.25) is 17.2 Å². The number of para-hydroxylation sites is 1. The number of carbonyl (C=O) groups is 2. The summed E-state index contributed by atoms with van der Waals surface area (Å²) in [5, 5.41) is 21.2. The van der Waals surface area contributed by atoms with Crippen LogP contribution in [0.1, 0.15) is 12.6 Å². The van der Waals surface area contributed by atoms with Gasteiger partial charge in [-0.15, -0.1) is 0 Å². The minimum Gasteiger partial charge on any atom is -0.501 e. The van der Waals surface area contributed by atoms with Gasteiger partial charge < -0.3 is 14.9 Å². The molecule has 0 radical (unpaired) electrons. The van der Waals surface area contributed by atoms with Crippen LogP contribution in [0.2, 0.25) is 0 Å². The van der Waals surface area contributed by atoms with E-state index in [0.717, 1.165) is 5.39 Å². The quantitative estimate of drug-likeness (QED) is 0.783. The van der Waals surface area contributed by atoms with Crippen molar-refractivity contribution >= 4 is 22.8 Å². The predicted molar refractivity (Wildman–Crippen MR) is 76.0 cm³/mol. The van der Waals surface area contributed by atoms with Crippen molar-refractivity contribution in [2.75, 3.05) is 0 Å². The van der Waals surface area contributed by atoms with Crippen LogP contribution >= 0.6 is 0 Å². The van der Waals surface area contributed by atoms with E-state index in [1.807, 2.05) is 23.5 Å². The zero-order valence-corrected chi connectivity index (χ0v) is 11.5. The van der Waals surface area contributed by atoms with E-state index in [1.54, 1.807) is 18.2 Å². The van der Waals surface area contributed by atoms with Gasteiger partial charge in [-0.2, -0.15) is 0 Å². The fourth-order valence-corrected chi connectivity index (χ4v) is 2.31. The van der Waals surface area contributed by atoms with Crippen LogP contribution < -0.4 is 5.32 Å². The van der Waals surface area contributed by atoms with Crippen LogP contribution in [0.4, 0.5) is 4.79 Å². The summed E-state index contributed by atoms with van der Waals surface area (Å²) in [6.45, 7) is 1.43. The maximum atomic E-state index is 12.2. The number of aromatic nitrogens is 1. The van der Waals surface area contributed by atoms with E-state index in [4.69, 9.17) is 9.84 Å². The third-order valence-electron chi connectivity index (χ3n) is 3.48. The molecule has 1 aromatic heterocycles. The molecule has 22 heavy (non-hydrogen) atoms. The molecule has 0 spiro atoms. The summed E-state index contributed by atoms with van der Waals surface area (Å²) in [5.74, 6) is -2.01. The fourth-order valence-electron chi connectivity index (χ4n) is 2.31. The zero-order valence-electron chi connectivity index (χ0n) is 11.5. The van der Waals surface area contributed by atoms with Crippen LogP contribution in [0.3, 0.4) is 0 Å². The molecule has 3 rings (SSSR count). The second-order valence-electron chi connectivity index (χ2n) is 4.96. The number of hydrogen-bond acceptors (Lipinski definition) is 5. The number of Topliss-reactive ketones (excluding diaryl/α,β-unsaturated/α-hetero) is 1. The monoisotopic (exact) mass is 300 g/mol. The highest BCUT2D eigenvalue weighted by molar-refractivity contribution is 6.03. The maximum Gasteiger partial charge on any atom is 0.411 e. The van der Waals surface area contributed by atoms with Crippen molar-refractivity contribution in [1.29, 1.82) is 0 Å². The molecule has 112 valence electrons. The lowest BCUT2D eigenvalue weighted by molar-refractivity contribution is -0.132. The Balaban J connectivity index is 2.03. The number of aliphatic hydroxyl groups is 1. The Morgan fingerprint density at radius 3 is 2.73 bits per heavy atom. The number of nitrogens with zero attached hydrogens (tertiary/aromatic N) is 1. The molecule has 7 heteroatoms. The largest absolute Gasteiger partial charge is 0.501 e. The molecule has 7 nitrogen and oxygen atoms in total. The van der Waals surface area contributed by atoms with E-state index >= 15 is 0 Å². The number of pyridine rings is 1. The lowest BCUT2D eigenvalue weighted by Crippen LogP contribution is -2.33. The van der Waals surface area contributed by atoms with Crippen LogP contribution in [-0.4, -0.2) is 27.1 Å². The van der Waals surface area contributed by atoms with Gasteiger partial charge in [-0.05, 0) is 19.1 Å². The molecule has 1 amide bonds. The highest BCUT2D eigenvalue weighted by Crippen LogP contribution is 2.36. The summed E-state index contributed by atoms with van der Waals surface area (Å²) < 4.78 is 5.34. The van der Waals surface area contributed by atoms with E-state index in [0.29, 0.717) is 5.52 Å². The molecule has 1 aliphatic heterocycles. The van der Waals surface area contributed by atoms with Gasteiger partial charge in [-0.3, -0.25) is 10.1 Å². The number of hydrogen-bond donors (Lipinski definition) is 3. The van der Waals surface area contributed by atoms with Gasteiger partial charge in [-0.25, -0.2) is 9.78 Å². The van der Waals surface area contributed by atoms with E-state index in [9.17, 15) is 14.7 Å². The molecule has 1 unspecified atom stereocenters. The normalized spacial score (nSPS) is 21.0. The van der Waals surface area contributed by atoms with Crippen LogP contribution in [-0.2, 0) is 15.1 Å². The second-order valence-corrected chi connectivity index (χ2v) is 4.96. The zero-order chi connectivity index (χ0) is 15.9. The lowest BCUT2D eigenvalue weighted by Gasteiger charge is -2.22. The average Bonchev–Trinajstić information content (AvgIpc) is 2.71. The Morgan fingerprint density at radius 2 is 2.00 bits per heavy atom. The number of amides is 1. The predicted octanol–water partition coefficient (Wildman–Crippen LogP) is 2.04. The molecule has 0 bridgehead atoms.